The molecule has 0 amide bonds. The molecule has 3 rings (SSSR count). The Balaban J connectivity index is 0.00000208. The van der Waals surface area contributed by atoms with Gasteiger partial charge < -0.3 is 4.74 Å². The maximum atomic E-state index is 5.41. The van der Waals surface area contributed by atoms with Crippen LogP contribution in [0.15, 0.2) is 65.1 Å². The minimum absolute atomic E-state index is 0. The van der Waals surface area contributed by atoms with Crippen molar-refractivity contribution in [3.63, 3.8) is 0 Å². The standard InChI is InChI=1S/C18H17N3OS.BrH/c1-2-22-16-10-8-14(9-11-16)12-19-21-18-20-17(13-23-18)15-6-4-3-5-7-15;/h3-13H,2H2,1H3,(H,20,21);1H/b19-12+;. The maximum Gasteiger partial charge on any atom is 0.203 e. The molecule has 6 heteroatoms. The van der Waals surface area contributed by atoms with Crippen LogP contribution in [0.2, 0.25) is 0 Å². The molecule has 0 spiro atoms. The van der Waals surface area contributed by atoms with Crippen molar-refractivity contribution in [3.8, 4) is 17.0 Å². The zero-order valence-electron chi connectivity index (χ0n) is 13.2. The number of anilines is 1. The van der Waals surface area contributed by atoms with Crippen molar-refractivity contribution in [2.45, 2.75) is 6.92 Å². The molecule has 24 heavy (non-hydrogen) atoms. The van der Waals surface area contributed by atoms with E-state index in [4.69, 9.17) is 4.74 Å². The van der Waals surface area contributed by atoms with E-state index in [1.807, 2.05) is 66.9 Å². The van der Waals surface area contributed by atoms with Crippen LogP contribution in [-0.2, 0) is 0 Å². The Bertz CT molecular complexity index is 772. The molecule has 0 bridgehead atoms. The van der Waals surface area contributed by atoms with Gasteiger partial charge in [-0.3, -0.25) is 5.43 Å². The van der Waals surface area contributed by atoms with E-state index >= 15 is 0 Å². The summed E-state index contributed by atoms with van der Waals surface area (Å²) in [5.41, 5.74) is 6.03. The number of nitrogens with zero attached hydrogens (tertiary/aromatic N) is 2. The van der Waals surface area contributed by atoms with Gasteiger partial charge in [-0.1, -0.05) is 30.3 Å². The first-order chi connectivity index (χ1) is 11.3. The summed E-state index contributed by atoms with van der Waals surface area (Å²) in [4.78, 5) is 4.52. The van der Waals surface area contributed by atoms with Gasteiger partial charge in [0.15, 0.2) is 0 Å². The van der Waals surface area contributed by atoms with E-state index in [1.54, 1.807) is 6.21 Å². The summed E-state index contributed by atoms with van der Waals surface area (Å²) in [5.74, 6) is 0.866. The number of ether oxygens (including phenoxy) is 1. The Labute approximate surface area is 156 Å². The minimum Gasteiger partial charge on any atom is -0.494 e. The maximum absolute atomic E-state index is 5.41. The lowest BCUT2D eigenvalue weighted by Crippen LogP contribution is -1.92. The van der Waals surface area contributed by atoms with Crippen molar-refractivity contribution < 1.29 is 4.74 Å². The third-order valence-corrected chi connectivity index (χ3v) is 3.89. The largest absolute Gasteiger partial charge is 0.494 e. The number of thiazole rings is 1. The third kappa shape index (κ3) is 4.91. The van der Waals surface area contributed by atoms with Crippen molar-refractivity contribution in [3.05, 3.63) is 65.5 Å². The number of hydrazone groups is 1. The highest BCUT2D eigenvalue weighted by atomic mass is 79.9. The van der Waals surface area contributed by atoms with E-state index < -0.39 is 0 Å². The number of halogens is 1. The Kier molecular flexibility index (Phi) is 6.96. The molecule has 0 aliphatic heterocycles. The molecule has 1 N–H and O–H groups in total. The van der Waals surface area contributed by atoms with Gasteiger partial charge >= 0.3 is 0 Å². The molecule has 0 aliphatic carbocycles. The molecule has 2 aromatic carbocycles. The van der Waals surface area contributed by atoms with Gasteiger partial charge in [-0.15, -0.1) is 28.3 Å². The second-order valence-corrected chi connectivity index (χ2v) is 5.63. The lowest BCUT2D eigenvalue weighted by molar-refractivity contribution is 0.340. The van der Waals surface area contributed by atoms with Crippen molar-refractivity contribution in [2.75, 3.05) is 12.0 Å². The molecule has 124 valence electrons. The highest BCUT2D eigenvalue weighted by Gasteiger charge is 2.02. The van der Waals surface area contributed by atoms with Crippen LogP contribution in [0, 0.1) is 0 Å². The number of nitrogens with one attached hydrogen (secondary N) is 1. The average molecular weight is 404 g/mol. The van der Waals surface area contributed by atoms with Crippen LogP contribution in [0.25, 0.3) is 11.3 Å². The van der Waals surface area contributed by atoms with Gasteiger partial charge in [-0.05, 0) is 36.8 Å². The highest BCUT2D eigenvalue weighted by molar-refractivity contribution is 8.93. The van der Waals surface area contributed by atoms with Crippen LogP contribution < -0.4 is 10.2 Å². The van der Waals surface area contributed by atoms with Gasteiger partial charge in [0.05, 0.1) is 18.5 Å². The average Bonchev–Trinajstić information content (AvgIpc) is 3.06. The van der Waals surface area contributed by atoms with Gasteiger partial charge in [0.1, 0.15) is 5.75 Å². The molecule has 3 aromatic rings. The van der Waals surface area contributed by atoms with Crippen molar-refractivity contribution in [1.29, 1.82) is 0 Å². The van der Waals surface area contributed by atoms with E-state index in [0.29, 0.717) is 6.61 Å². The van der Waals surface area contributed by atoms with E-state index in [-0.39, 0.29) is 17.0 Å². The molecule has 0 aliphatic rings. The molecule has 1 heterocycles. The molecular weight excluding hydrogens is 386 g/mol. The van der Waals surface area contributed by atoms with E-state index in [9.17, 15) is 0 Å². The van der Waals surface area contributed by atoms with Crippen molar-refractivity contribution >= 4 is 39.7 Å². The normalized spacial score (nSPS) is 10.4. The third-order valence-electron chi connectivity index (χ3n) is 3.14. The summed E-state index contributed by atoms with van der Waals surface area (Å²) >= 11 is 1.53. The Morgan fingerprint density at radius 2 is 1.88 bits per heavy atom. The smallest absolute Gasteiger partial charge is 0.203 e. The summed E-state index contributed by atoms with van der Waals surface area (Å²) in [6.07, 6.45) is 1.76. The summed E-state index contributed by atoms with van der Waals surface area (Å²) in [7, 11) is 0. The zero-order valence-corrected chi connectivity index (χ0v) is 15.7. The fraction of sp³-hybridized carbons (Fsp3) is 0.111. The molecular formula is C18H18BrN3OS. The first-order valence-electron chi connectivity index (χ1n) is 7.38. The van der Waals surface area contributed by atoms with Crippen LogP contribution >= 0.6 is 28.3 Å². The van der Waals surface area contributed by atoms with Crippen LogP contribution in [0.4, 0.5) is 5.13 Å². The number of hydrogen-bond acceptors (Lipinski definition) is 5. The van der Waals surface area contributed by atoms with Gasteiger partial charge in [0, 0.05) is 10.9 Å². The molecule has 0 unspecified atom stereocenters. The first kappa shape index (κ1) is 18.2. The summed E-state index contributed by atoms with van der Waals surface area (Å²) in [6, 6.07) is 17.9. The van der Waals surface area contributed by atoms with Crippen LogP contribution in [0.3, 0.4) is 0 Å². The van der Waals surface area contributed by atoms with Gasteiger partial charge in [0.2, 0.25) is 5.13 Å². The Morgan fingerprint density at radius 3 is 2.58 bits per heavy atom. The second-order valence-electron chi connectivity index (χ2n) is 4.78. The fourth-order valence-corrected chi connectivity index (χ4v) is 2.71. The van der Waals surface area contributed by atoms with E-state index in [0.717, 1.165) is 27.7 Å². The predicted molar refractivity (Wildman–Crippen MR) is 107 cm³/mol. The molecule has 0 fully saturated rings. The zero-order chi connectivity index (χ0) is 15.9. The van der Waals surface area contributed by atoms with Crippen LogP contribution in [-0.4, -0.2) is 17.8 Å². The van der Waals surface area contributed by atoms with Crippen LogP contribution in [0.1, 0.15) is 12.5 Å². The molecule has 0 atom stereocenters. The number of benzene rings is 2. The van der Waals surface area contributed by atoms with Gasteiger partial charge in [-0.2, -0.15) is 5.10 Å². The summed E-state index contributed by atoms with van der Waals surface area (Å²) < 4.78 is 5.41. The minimum atomic E-state index is 0. The van der Waals surface area contributed by atoms with Gasteiger partial charge in [-0.25, -0.2) is 4.98 Å². The molecule has 0 saturated heterocycles. The highest BCUT2D eigenvalue weighted by Crippen LogP contribution is 2.24. The molecule has 0 radical (unpaired) electrons. The molecule has 1 aromatic heterocycles. The van der Waals surface area contributed by atoms with Crippen molar-refractivity contribution in [1.82, 2.24) is 4.98 Å². The Hall–Kier alpha value is -2.18. The first-order valence-corrected chi connectivity index (χ1v) is 8.26. The fourth-order valence-electron chi connectivity index (χ4n) is 2.05. The molecule has 4 nitrogen and oxygen atoms in total. The number of rotatable bonds is 6. The lowest BCUT2D eigenvalue weighted by Gasteiger charge is -2.02. The monoisotopic (exact) mass is 403 g/mol. The summed E-state index contributed by atoms with van der Waals surface area (Å²) in [5, 5.41) is 7.01. The van der Waals surface area contributed by atoms with Gasteiger partial charge in [0.25, 0.3) is 0 Å². The Morgan fingerprint density at radius 1 is 1.12 bits per heavy atom. The number of aromatic nitrogens is 1. The lowest BCUT2D eigenvalue weighted by atomic mass is 10.2. The SMILES string of the molecule is Br.CCOc1ccc(/C=N/Nc2nc(-c3ccccc3)cs2)cc1. The predicted octanol–water partition coefficient (Wildman–Crippen LogP) is 5.23. The molecule has 0 saturated carbocycles. The topological polar surface area (TPSA) is 46.5 Å². The van der Waals surface area contributed by atoms with Crippen molar-refractivity contribution in [2.24, 2.45) is 5.10 Å². The van der Waals surface area contributed by atoms with E-state index in [2.05, 4.69) is 15.5 Å². The van der Waals surface area contributed by atoms with E-state index in [1.165, 1.54) is 11.3 Å². The summed E-state index contributed by atoms with van der Waals surface area (Å²) in [6.45, 7) is 2.64. The van der Waals surface area contributed by atoms with Crippen LogP contribution in [0.5, 0.6) is 5.75 Å². The quantitative estimate of drug-likeness (QED) is 0.452. The second kappa shape index (κ2) is 9.20. The number of hydrogen-bond donors (Lipinski definition) is 1.